The lowest BCUT2D eigenvalue weighted by Crippen LogP contribution is -2.42. The van der Waals surface area contributed by atoms with Crippen LogP contribution in [0.25, 0.3) is 0 Å². The molecule has 19 heavy (non-hydrogen) atoms. The Bertz CT molecular complexity index is 404. The summed E-state index contributed by atoms with van der Waals surface area (Å²) in [4.78, 5) is 11.9. The molecule has 5 heteroatoms. The van der Waals surface area contributed by atoms with E-state index < -0.39 is 5.60 Å². The van der Waals surface area contributed by atoms with Gasteiger partial charge in [-0.3, -0.25) is 4.79 Å². The number of amides is 1. The average Bonchev–Trinajstić information content (AvgIpc) is 2.37. The van der Waals surface area contributed by atoms with Crippen molar-refractivity contribution in [1.29, 1.82) is 0 Å². The van der Waals surface area contributed by atoms with Crippen molar-refractivity contribution in [2.45, 2.75) is 18.9 Å². The highest BCUT2D eigenvalue weighted by Gasteiger charge is 2.20. The number of aliphatic hydroxyl groups is 1. The van der Waals surface area contributed by atoms with E-state index in [1.807, 2.05) is 18.4 Å². The minimum atomic E-state index is -0.880. The van der Waals surface area contributed by atoms with Gasteiger partial charge >= 0.3 is 0 Å². The largest absolute Gasteiger partial charge is 0.387 e. The fraction of sp³-hybridized carbons (Fsp3) is 0.500. The summed E-state index contributed by atoms with van der Waals surface area (Å²) in [6, 6.07) is 7.37. The van der Waals surface area contributed by atoms with Crippen LogP contribution in [-0.2, 0) is 6.42 Å². The number of hydrogen-bond donors (Lipinski definition) is 3. The zero-order valence-electron chi connectivity index (χ0n) is 11.5. The number of rotatable bonds is 7. The molecular weight excluding hydrogens is 260 g/mol. The molecule has 0 spiro atoms. The van der Waals surface area contributed by atoms with E-state index in [4.69, 9.17) is 5.73 Å². The average molecular weight is 282 g/mol. The van der Waals surface area contributed by atoms with Crippen LogP contribution < -0.4 is 11.1 Å². The summed E-state index contributed by atoms with van der Waals surface area (Å²) < 4.78 is 0. The van der Waals surface area contributed by atoms with E-state index in [1.54, 1.807) is 30.8 Å². The maximum Gasteiger partial charge on any atom is 0.251 e. The van der Waals surface area contributed by atoms with E-state index in [1.165, 1.54) is 0 Å². The van der Waals surface area contributed by atoms with Crippen LogP contribution in [0.5, 0.6) is 0 Å². The lowest BCUT2D eigenvalue weighted by atomic mass is 10.1. The van der Waals surface area contributed by atoms with Gasteiger partial charge in [0.05, 0.1) is 5.60 Å². The number of carbonyl (C=O) groups is 1. The quantitative estimate of drug-likeness (QED) is 0.698. The Morgan fingerprint density at radius 2 is 2.05 bits per heavy atom. The first-order valence-corrected chi connectivity index (χ1v) is 7.66. The van der Waals surface area contributed by atoms with Gasteiger partial charge in [0.15, 0.2) is 0 Å². The van der Waals surface area contributed by atoms with Crippen molar-refractivity contribution < 1.29 is 9.90 Å². The summed E-state index contributed by atoms with van der Waals surface area (Å²) >= 11 is 1.55. The summed E-state index contributed by atoms with van der Waals surface area (Å²) in [6.07, 6.45) is 2.73. The van der Waals surface area contributed by atoms with E-state index in [0.717, 1.165) is 12.0 Å². The molecule has 0 aliphatic rings. The Balaban J connectivity index is 2.53. The van der Waals surface area contributed by atoms with Crippen molar-refractivity contribution in [2.75, 3.05) is 25.1 Å². The predicted molar refractivity (Wildman–Crippen MR) is 80.5 cm³/mol. The molecule has 1 atom stereocenters. The van der Waals surface area contributed by atoms with Crippen LogP contribution in [-0.4, -0.2) is 41.7 Å². The minimum Gasteiger partial charge on any atom is -0.387 e. The molecule has 0 heterocycles. The van der Waals surface area contributed by atoms with Crippen molar-refractivity contribution in [2.24, 2.45) is 5.73 Å². The highest BCUT2D eigenvalue weighted by atomic mass is 32.2. The zero-order valence-corrected chi connectivity index (χ0v) is 12.3. The van der Waals surface area contributed by atoms with Gasteiger partial charge in [-0.1, -0.05) is 12.1 Å². The van der Waals surface area contributed by atoms with Crippen molar-refractivity contribution >= 4 is 17.7 Å². The maximum absolute atomic E-state index is 11.9. The summed E-state index contributed by atoms with van der Waals surface area (Å²) in [6.45, 7) is 2.56. The molecule has 0 aromatic heterocycles. The SMILES string of the molecule is CSCC(C)(O)CNC(=O)c1ccc(CCN)cc1. The molecule has 0 aliphatic heterocycles. The van der Waals surface area contributed by atoms with Gasteiger partial charge in [0.1, 0.15) is 0 Å². The molecule has 1 rings (SSSR count). The highest BCUT2D eigenvalue weighted by Crippen LogP contribution is 2.10. The summed E-state index contributed by atoms with van der Waals surface area (Å²) in [7, 11) is 0. The molecule has 0 saturated heterocycles. The van der Waals surface area contributed by atoms with E-state index in [9.17, 15) is 9.90 Å². The summed E-state index contributed by atoms with van der Waals surface area (Å²) in [5.41, 5.74) is 6.31. The second-order valence-electron chi connectivity index (χ2n) is 4.85. The Morgan fingerprint density at radius 1 is 1.42 bits per heavy atom. The number of benzene rings is 1. The van der Waals surface area contributed by atoms with Crippen LogP contribution in [0.2, 0.25) is 0 Å². The third kappa shape index (κ3) is 5.63. The molecular formula is C14H22N2O2S. The lowest BCUT2D eigenvalue weighted by Gasteiger charge is -2.22. The van der Waals surface area contributed by atoms with Gasteiger partial charge in [-0.2, -0.15) is 11.8 Å². The Labute approximate surface area is 118 Å². The summed E-state index contributed by atoms with van der Waals surface area (Å²) in [5.74, 6) is 0.420. The Kier molecular flexibility index (Phi) is 6.34. The molecule has 4 nitrogen and oxygen atoms in total. The first-order valence-electron chi connectivity index (χ1n) is 6.27. The number of nitrogens with one attached hydrogen (secondary N) is 1. The molecule has 1 aromatic rings. The molecule has 0 fully saturated rings. The first kappa shape index (κ1) is 16.0. The van der Waals surface area contributed by atoms with Gasteiger partial charge in [0, 0.05) is 17.9 Å². The van der Waals surface area contributed by atoms with E-state index in [0.29, 0.717) is 17.9 Å². The maximum atomic E-state index is 11.9. The van der Waals surface area contributed by atoms with Crippen molar-refractivity contribution in [3.8, 4) is 0 Å². The molecule has 1 amide bonds. The number of hydrogen-bond acceptors (Lipinski definition) is 4. The lowest BCUT2D eigenvalue weighted by molar-refractivity contribution is 0.0725. The molecule has 0 radical (unpaired) electrons. The summed E-state index contributed by atoms with van der Waals surface area (Å²) in [5, 5.41) is 12.7. The highest BCUT2D eigenvalue weighted by molar-refractivity contribution is 7.98. The van der Waals surface area contributed by atoms with Gasteiger partial charge < -0.3 is 16.2 Å². The topological polar surface area (TPSA) is 75.3 Å². The van der Waals surface area contributed by atoms with Crippen LogP contribution in [0.15, 0.2) is 24.3 Å². The first-order chi connectivity index (χ1) is 8.98. The van der Waals surface area contributed by atoms with Crippen molar-refractivity contribution in [3.63, 3.8) is 0 Å². The van der Waals surface area contributed by atoms with Crippen LogP contribution in [0.1, 0.15) is 22.8 Å². The molecule has 4 N–H and O–H groups in total. The Hall–Kier alpha value is -1.04. The monoisotopic (exact) mass is 282 g/mol. The number of carbonyl (C=O) groups excluding carboxylic acids is 1. The standard InChI is InChI=1S/C14H22N2O2S/c1-14(18,10-19-2)9-16-13(17)12-5-3-11(4-6-12)7-8-15/h3-6,18H,7-10,15H2,1-2H3,(H,16,17). The van der Waals surface area contributed by atoms with Crippen LogP contribution in [0.4, 0.5) is 0 Å². The van der Waals surface area contributed by atoms with Crippen LogP contribution in [0, 0.1) is 0 Å². The predicted octanol–water partition coefficient (Wildman–Crippen LogP) is 1.03. The molecule has 0 saturated carbocycles. The smallest absolute Gasteiger partial charge is 0.251 e. The number of thioether (sulfide) groups is 1. The van der Waals surface area contributed by atoms with Gasteiger partial charge in [-0.15, -0.1) is 0 Å². The van der Waals surface area contributed by atoms with Gasteiger partial charge in [0.2, 0.25) is 0 Å². The van der Waals surface area contributed by atoms with Crippen LogP contribution >= 0.6 is 11.8 Å². The van der Waals surface area contributed by atoms with Gasteiger partial charge in [0.25, 0.3) is 5.91 Å². The molecule has 1 unspecified atom stereocenters. The third-order valence-corrected chi connectivity index (χ3v) is 3.64. The molecule has 0 aliphatic carbocycles. The normalized spacial score (nSPS) is 13.9. The van der Waals surface area contributed by atoms with E-state index in [2.05, 4.69) is 5.32 Å². The Morgan fingerprint density at radius 3 is 2.58 bits per heavy atom. The van der Waals surface area contributed by atoms with E-state index >= 15 is 0 Å². The van der Waals surface area contributed by atoms with Crippen molar-refractivity contribution in [3.05, 3.63) is 35.4 Å². The van der Waals surface area contributed by atoms with Gasteiger partial charge in [-0.25, -0.2) is 0 Å². The minimum absolute atomic E-state index is 0.166. The van der Waals surface area contributed by atoms with Crippen LogP contribution in [0.3, 0.4) is 0 Å². The van der Waals surface area contributed by atoms with Crippen molar-refractivity contribution in [1.82, 2.24) is 5.32 Å². The third-order valence-electron chi connectivity index (χ3n) is 2.73. The van der Waals surface area contributed by atoms with Gasteiger partial charge in [-0.05, 0) is 43.8 Å². The number of nitrogens with two attached hydrogens (primary N) is 1. The fourth-order valence-electron chi connectivity index (χ4n) is 1.72. The van der Waals surface area contributed by atoms with E-state index in [-0.39, 0.29) is 12.5 Å². The molecule has 0 bridgehead atoms. The zero-order chi connectivity index (χ0) is 14.3. The molecule has 1 aromatic carbocycles. The second kappa shape index (κ2) is 7.53. The fourth-order valence-corrected chi connectivity index (χ4v) is 2.45. The molecule has 106 valence electrons. The second-order valence-corrected chi connectivity index (χ2v) is 5.71.